The number of urea groups is 1. The van der Waals surface area contributed by atoms with Gasteiger partial charge in [0.2, 0.25) is 11.8 Å². The zero-order valence-electron chi connectivity index (χ0n) is 10.8. The Bertz CT molecular complexity index is 612. The molecule has 21 heavy (non-hydrogen) atoms. The lowest BCUT2D eigenvalue weighted by Gasteiger charge is -2.32. The molecule has 110 valence electrons. The second-order valence-corrected chi connectivity index (χ2v) is 4.23. The summed E-state index contributed by atoms with van der Waals surface area (Å²) >= 11 is 0. The standard InChI is InChI=1S/C12H11N3O6/c16-6-5-13-10(17)7-11(18)14(12(13)19)8-1-3-9(4-2-8)15(20)21/h1-4,16H,5-7H2. The molecular formula is C12H11N3O6. The van der Waals surface area contributed by atoms with Crippen molar-refractivity contribution in [2.75, 3.05) is 18.1 Å². The van der Waals surface area contributed by atoms with E-state index in [0.717, 1.165) is 21.9 Å². The minimum absolute atomic E-state index is 0.131. The summed E-state index contributed by atoms with van der Waals surface area (Å²) in [5.74, 6) is -1.40. The van der Waals surface area contributed by atoms with Gasteiger partial charge in [-0.2, -0.15) is 0 Å². The van der Waals surface area contributed by atoms with E-state index in [1.54, 1.807) is 0 Å². The molecule has 1 aliphatic rings. The van der Waals surface area contributed by atoms with Gasteiger partial charge in [0.05, 0.1) is 23.8 Å². The van der Waals surface area contributed by atoms with Crippen molar-refractivity contribution in [3.63, 3.8) is 0 Å². The van der Waals surface area contributed by atoms with Gasteiger partial charge in [0.1, 0.15) is 6.42 Å². The number of nitro groups is 1. The van der Waals surface area contributed by atoms with Crippen molar-refractivity contribution in [2.45, 2.75) is 6.42 Å². The molecule has 4 amide bonds. The number of benzene rings is 1. The maximum atomic E-state index is 12.1. The molecule has 1 aromatic carbocycles. The molecule has 0 aromatic heterocycles. The van der Waals surface area contributed by atoms with Crippen LogP contribution < -0.4 is 4.90 Å². The van der Waals surface area contributed by atoms with E-state index in [4.69, 9.17) is 5.11 Å². The number of hydrogen-bond acceptors (Lipinski definition) is 6. The first-order valence-corrected chi connectivity index (χ1v) is 5.98. The zero-order valence-corrected chi connectivity index (χ0v) is 10.8. The fourth-order valence-corrected chi connectivity index (χ4v) is 1.94. The number of β-amino-alcohol motifs (C(OH)–C–C–N with tert-alkyl or cyclic N) is 1. The Morgan fingerprint density at radius 3 is 2.29 bits per heavy atom. The number of imide groups is 2. The number of rotatable bonds is 4. The van der Waals surface area contributed by atoms with E-state index in [0.29, 0.717) is 0 Å². The summed E-state index contributed by atoms with van der Waals surface area (Å²) in [6.45, 7) is -0.631. The highest BCUT2D eigenvalue weighted by atomic mass is 16.6. The van der Waals surface area contributed by atoms with E-state index in [1.165, 1.54) is 12.1 Å². The second-order valence-electron chi connectivity index (χ2n) is 4.23. The van der Waals surface area contributed by atoms with Crippen LogP contribution in [0.5, 0.6) is 0 Å². The third kappa shape index (κ3) is 2.72. The van der Waals surface area contributed by atoms with Gasteiger partial charge in [-0.05, 0) is 12.1 Å². The number of non-ortho nitro benzene ring substituents is 1. The number of aliphatic hydroxyl groups excluding tert-OH is 1. The number of aliphatic hydroxyl groups is 1. The molecule has 1 aromatic rings. The van der Waals surface area contributed by atoms with Crippen LogP contribution in [-0.4, -0.2) is 45.9 Å². The number of hydrogen-bond donors (Lipinski definition) is 1. The van der Waals surface area contributed by atoms with Crippen LogP contribution in [0.25, 0.3) is 0 Å². The maximum absolute atomic E-state index is 12.1. The predicted octanol–water partition coefficient (Wildman–Crippen LogP) is 0.272. The van der Waals surface area contributed by atoms with Crippen LogP contribution in [0.4, 0.5) is 16.2 Å². The van der Waals surface area contributed by atoms with Gasteiger partial charge in [-0.1, -0.05) is 0 Å². The number of anilines is 1. The quantitative estimate of drug-likeness (QED) is 0.483. The van der Waals surface area contributed by atoms with Crippen molar-refractivity contribution >= 4 is 29.2 Å². The summed E-state index contributed by atoms with van der Waals surface area (Å²) in [6.07, 6.45) is -0.497. The lowest BCUT2D eigenvalue weighted by atomic mass is 10.2. The molecule has 0 spiro atoms. The average Bonchev–Trinajstić information content (AvgIpc) is 2.44. The highest BCUT2D eigenvalue weighted by Gasteiger charge is 2.38. The number of nitro benzene ring substituents is 1. The van der Waals surface area contributed by atoms with Crippen molar-refractivity contribution in [2.24, 2.45) is 0 Å². The van der Waals surface area contributed by atoms with E-state index >= 15 is 0 Å². The van der Waals surface area contributed by atoms with Gasteiger partial charge >= 0.3 is 6.03 Å². The molecule has 0 radical (unpaired) electrons. The van der Waals surface area contributed by atoms with Crippen molar-refractivity contribution in [1.82, 2.24) is 4.90 Å². The average molecular weight is 293 g/mol. The van der Waals surface area contributed by atoms with Crippen molar-refractivity contribution < 1.29 is 24.4 Å². The molecule has 1 N–H and O–H groups in total. The van der Waals surface area contributed by atoms with E-state index < -0.39 is 35.8 Å². The van der Waals surface area contributed by atoms with E-state index in [1.807, 2.05) is 0 Å². The first-order valence-electron chi connectivity index (χ1n) is 5.98. The third-order valence-corrected chi connectivity index (χ3v) is 2.92. The number of nitrogens with zero attached hydrogens (tertiary/aromatic N) is 3. The molecular weight excluding hydrogens is 282 g/mol. The predicted molar refractivity (Wildman–Crippen MR) is 69.4 cm³/mol. The second kappa shape index (κ2) is 5.67. The van der Waals surface area contributed by atoms with Crippen LogP contribution >= 0.6 is 0 Å². The highest BCUT2D eigenvalue weighted by molar-refractivity contribution is 6.26. The minimum atomic E-state index is -0.876. The number of carbonyl (C=O) groups is 3. The lowest BCUT2D eigenvalue weighted by molar-refractivity contribution is -0.384. The largest absolute Gasteiger partial charge is 0.395 e. The summed E-state index contributed by atoms with van der Waals surface area (Å²) in [6, 6.07) is 3.94. The Morgan fingerprint density at radius 2 is 1.76 bits per heavy atom. The molecule has 1 heterocycles. The summed E-state index contributed by atoms with van der Waals surface area (Å²) in [7, 11) is 0. The van der Waals surface area contributed by atoms with Gasteiger partial charge in [0, 0.05) is 12.1 Å². The Labute approximate surface area is 118 Å². The molecule has 1 fully saturated rings. The summed E-state index contributed by atoms with van der Waals surface area (Å²) in [5.41, 5.74) is -0.0509. The fourth-order valence-electron chi connectivity index (χ4n) is 1.94. The molecule has 0 saturated carbocycles. The number of carbonyl (C=O) groups excluding carboxylic acids is 3. The van der Waals surface area contributed by atoms with Crippen molar-refractivity contribution in [3.8, 4) is 0 Å². The molecule has 0 atom stereocenters. The summed E-state index contributed by atoms with van der Waals surface area (Å²) in [5, 5.41) is 19.4. The molecule has 0 aliphatic carbocycles. The topological polar surface area (TPSA) is 121 Å². The Kier molecular flexibility index (Phi) is 3.94. The normalized spacial score (nSPS) is 15.6. The minimum Gasteiger partial charge on any atom is -0.395 e. The van der Waals surface area contributed by atoms with Gasteiger partial charge in [0.15, 0.2) is 0 Å². The SMILES string of the molecule is O=C1CC(=O)N(c2ccc([N+](=O)[O-])cc2)C(=O)N1CCO. The number of barbiturate groups is 1. The molecule has 2 rings (SSSR count). The molecule has 9 heteroatoms. The third-order valence-electron chi connectivity index (χ3n) is 2.92. The van der Waals surface area contributed by atoms with Gasteiger partial charge in [-0.25, -0.2) is 9.69 Å². The summed E-state index contributed by atoms with van der Waals surface area (Å²) in [4.78, 5) is 47.0. The van der Waals surface area contributed by atoms with Crippen LogP contribution in [-0.2, 0) is 9.59 Å². The molecule has 1 saturated heterocycles. The number of amides is 4. The molecule has 0 bridgehead atoms. The van der Waals surface area contributed by atoms with Gasteiger partial charge in [0.25, 0.3) is 5.69 Å². The summed E-state index contributed by atoms with van der Waals surface area (Å²) < 4.78 is 0. The Balaban J connectivity index is 2.32. The first kappa shape index (κ1) is 14.6. The van der Waals surface area contributed by atoms with Gasteiger partial charge < -0.3 is 5.11 Å². The van der Waals surface area contributed by atoms with E-state index in [2.05, 4.69) is 0 Å². The smallest absolute Gasteiger partial charge is 0.338 e. The van der Waals surface area contributed by atoms with Crippen LogP contribution in [0.2, 0.25) is 0 Å². The molecule has 9 nitrogen and oxygen atoms in total. The zero-order chi connectivity index (χ0) is 15.6. The van der Waals surface area contributed by atoms with E-state index in [9.17, 15) is 24.5 Å². The van der Waals surface area contributed by atoms with Gasteiger partial charge in [-0.3, -0.25) is 24.6 Å². The van der Waals surface area contributed by atoms with Crippen LogP contribution in [0.15, 0.2) is 24.3 Å². The first-order chi connectivity index (χ1) is 9.95. The molecule has 0 unspecified atom stereocenters. The van der Waals surface area contributed by atoms with Crippen molar-refractivity contribution in [1.29, 1.82) is 0 Å². The van der Waals surface area contributed by atoms with Crippen molar-refractivity contribution in [3.05, 3.63) is 34.4 Å². The van der Waals surface area contributed by atoms with Crippen LogP contribution in [0.3, 0.4) is 0 Å². The molecule has 1 aliphatic heterocycles. The Hall–Kier alpha value is -2.81. The highest BCUT2D eigenvalue weighted by Crippen LogP contribution is 2.24. The monoisotopic (exact) mass is 293 g/mol. The van der Waals surface area contributed by atoms with Crippen LogP contribution in [0.1, 0.15) is 6.42 Å². The fraction of sp³-hybridized carbons (Fsp3) is 0.250. The maximum Gasteiger partial charge on any atom is 0.338 e. The Morgan fingerprint density at radius 1 is 1.14 bits per heavy atom. The lowest BCUT2D eigenvalue weighted by Crippen LogP contribution is -2.56. The van der Waals surface area contributed by atoms with E-state index in [-0.39, 0.29) is 17.9 Å². The van der Waals surface area contributed by atoms with Crippen LogP contribution in [0, 0.1) is 10.1 Å². The van der Waals surface area contributed by atoms with Gasteiger partial charge in [-0.15, -0.1) is 0 Å².